The van der Waals surface area contributed by atoms with E-state index < -0.39 is 11.9 Å². The molecular weight excluding hydrogens is 270 g/mol. The molecule has 0 spiro atoms. The number of piperidine rings is 1. The van der Waals surface area contributed by atoms with Crippen LogP contribution in [0.15, 0.2) is 24.5 Å². The molecule has 1 aliphatic heterocycles. The number of hydrogen-bond acceptors (Lipinski definition) is 3. The van der Waals surface area contributed by atoms with E-state index in [1.165, 1.54) is 0 Å². The van der Waals surface area contributed by atoms with Crippen molar-refractivity contribution in [3.05, 3.63) is 30.1 Å². The Morgan fingerprint density at radius 1 is 1.43 bits per heavy atom. The highest BCUT2D eigenvalue weighted by Gasteiger charge is 2.30. The van der Waals surface area contributed by atoms with E-state index in [2.05, 4.69) is 4.98 Å². The molecule has 1 saturated heterocycles. The minimum absolute atomic E-state index is 0.0831. The van der Waals surface area contributed by atoms with Gasteiger partial charge in [-0.1, -0.05) is 0 Å². The number of carboxylic acids is 1. The molecule has 21 heavy (non-hydrogen) atoms. The fraction of sp³-hybridized carbons (Fsp3) is 0.533. The molecule has 2 heterocycles. The van der Waals surface area contributed by atoms with Gasteiger partial charge in [-0.2, -0.15) is 0 Å². The molecule has 0 saturated carbocycles. The number of aliphatic carboxylic acids is 1. The van der Waals surface area contributed by atoms with Crippen LogP contribution in [0, 0.1) is 5.92 Å². The summed E-state index contributed by atoms with van der Waals surface area (Å²) >= 11 is 0. The van der Waals surface area contributed by atoms with Crippen molar-refractivity contribution in [3.8, 4) is 0 Å². The maximum atomic E-state index is 12.5. The number of rotatable bonds is 4. The summed E-state index contributed by atoms with van der Waals surface area (Å²) in [6, 6.07) is 3.68. The van der Waals surface area contributed by atoms with Crippen LogP contribution in [0.3, 0.4) is 0 Å². The molecule has 1 aromatic heterocycles. The second kappa shape index (κ2) is 7.06. The molecule has 6 heteroatoms. The predicted octanol–water partition coefficient (Wildman–Crippen LogP) is 1.82. The van der Waals surface area contributed by atoms with Crippen LogP contribution in [0.2, 0.25) is 0 Å². The summed E-state index contributed by atoms with van der Waals surface area (Å²) in [6.07, 6.45) is 4.80. The zero-order valence-corrected chi connectivity index (χ0v) is 12.2. The second-order valence-electron chi connectivity index (χ2n) is 5.28. The lowest BCUT2D eigenvalue weighted by Crippen LogP contribution is -2.48. The number of pyridine rings is 1. The smallest absolute Gasteiger partial charge is 0.320 e. The summed E-state index contributed by atoms with van der Waals surface area (Å²) in [6.45, 7) is 3.98. The van der Waals surface area contributed by atoms with Gasteiger partial charge in [0.1, 0.15) is 0 Å². The van der Waals surface area contributed by atoms with Crippen molar-refractivity contribution in [3.63, 3.8) is 0 Å². The van der Waals surface area contributed by atoms with Gasteiger partial charge in [-0.25, -0.2) is 4.79 Å². The number of hydrogen-bond donors (Lipinski definition) is 1. The molecule has 1 unspecified atom stereocenters. The van der Waals surface area contributed by atoms with E-state index in [0.29, 0.717) is 32.6 Å². The van der Waals surface area contributed by atoms with Gasteiger partial charge in [0.15, 0.2) is 0 Å². The van der Waals surface area contributed by atoms with E-state index in [-0.39, 0.29) is 6.03 Å². The van der Waals surface area contributed by atoms with Crippen LogP contribution in [0.1, 0.15) is 25.3 Å². The normalized spacial score (nSPS) is 18.3. The summed E-state index contributed by atoms with van der Waals surface area (Å²) in [4.78, 5) is 31.0. The SMILES string of the molecule is CCN(Cc1ccncc1)C(=O)N1CCCC(C(=O)O)C1. The molecule has 0 aromatic carbocycles. The van der Waals surface area contributed by atoms with Crippen molar-refractivity contribution in [2.45, 2.75) is 26.3 Å². The first kappa shape index (κ1) is 15.3. The van der Waals surface area contributed by atoms with Gasteiger partial charge in [0, 0.05) is 38.6 Å². The zero-order chi connectivity index (χ0) is 15.2. The van der Waals surface area contributed by atoms with Crippen LogP contribution in [0.4, 0.5) is 4.79 Å². The molecule has 6 nitrogen and oxygen atoms in total. The number of likely N-dealkylation sites (tertiary alicyclic amines) is 1. The molecule has 1 fully saturated rings. The minimum atomic E-state index is -0.815. The van der Waals surface area contributed by atoms with Gasteiger partial charge in [0.05, 0.1) is 5.92 Å². The fourth-order valence-electron chi connectivity index (χ4n) is 2.58. The predicted molar refractivity (Wildman–Crippen MR) is 77.6 cm³/mol. The Bertz CT molecular complexity index is 492. The van der Waals surface area contributed by atoms with Crippen LogP contribution in [-0.4, -0.2) is 51.5 Å². The molecular formula is C15H21N3O3. The van der Waals surface area contributed by atoms with Crippen molar-refractivity contribution in [1.29, 1.82) is 0 Å². The van der Waals surface area contributed by atoms with Crippen molar-refractivity contribution >= 4 is 12.0 Å². The first-order valence-corrected chi connectivity index (χ1v) is 7.27. The molecule has 1 aromatic rings. The molecule has 0 radical (unpaired) electrons. The van der Waals surface area contributed by atoms with E-state index in [0.717, 1.165) is 12.0 Å². The molecule has 2 amide bonds. The Morgan fingerprint density at radius 3 is 2.76 bits per heavy atom. The third kappa shape index (κ3) is 3.93. The van der Waals surface area contributed by atoms with Crippen molar-refractivity contribution in [1.82, 2.24) is 14.8 Å². The highest BCUT2D eigenvalue weighted by Crippen LogP contribution is 2.18. The van der Waals surface area contributed by atoms with Crippen LogP contribution in [0.25, 0.3) is 0 Å². The van der Waals surface area contributed by atoms with E-state index in [4.69, 9.17) is 5.11 Å². The zero-order valence-electron chi connectivity index (χ0n) is 12.2. The van der Waals surface area contributed by atoms with Crippen LogP contribution >= 0.6 is 0 Å². The first-order chi connectivity index (χ1) is 10.1. The second-order valence-corrected chi connectivity index (χ2v) is 5.28. The molecule has 2 rings (SSSR count). The Hall–Kier alpha value is -2.11. The van der Waals surface area contributed by atoms with Crippen LogP contribution in [0.5, 0.6) is 0 Å². The molecule has 114 valence electrons. The number of carboxylic acid groups (broad SMARTS) is 1. The third-order valence-corrected chi connectivity index (χ3v) is 3.82. The maximum absolute atomic E-state index is 12.5. The maximum Gasteiger partial charge on any atom is 0.320 e. The Kier molecular flexibility index (Phi) is 5.14. The molecule has 0 bridgehead atoms. The van der Waals surface area contributed by atoms with Gasteiger partial charge >= 0.3 is 12.0 Å². The quantitative estimate of drug-likeness (QED) is 0.918. The highest BCUT2D eigenvalue weighted by molar-refractivity contribution is 5.76. The molecule has 0 aliphatic carbocycles. The molecule has 1 atom stereocenters. The van der Waals surface area contributed by atoms with E-state index in [9.17, 15) is 9.59 Å². The van der Waals surface area contributed by atoms with Crippen molar-refractivity contribution in [2.75, 3.05) is 19.6 Å². The van der Waals surface area contributed by atoms with E-state index in [1.54, 1.807) is 22.2 Å². The van der Waals surface area contributed by atoms with Gasteiger partial charge < -0.3 is 14.9 Å². The average Bonchev–Trinajstić information content (AvgIpc) is 2.53. The number of urea groups is 1. The van der Waals surface area contributed by atoms with Gasteiger partial charge in [-0.05, 0) is 37.5 Å². The number of nitrogens with zero attached hydrogens (tertiary/aromatic N) is 3. The third-order valence-electron chi connectivity index (χ3n) is 3.82. The summed E-state index contributed by atoms with van der Waals surface area (Å²) in [7, 11) is 0. The van der Waals surface area contributed by atoms with Gasteiger partial charge in [-0.15, -0.1) is 0 Å². The Balaban J connectivity index is 2.00. The monoisotopic (exact) mass is 291 g/mol. The van der Waals surface area contributed by atoms with Crippen molar-refractivity contribution < 1.29 is 14.7 Å². The van der Waals surface area contributed by atoms with Crippen molar-refractivity contribution in [2.24, 2.45) is 5.92 Å². The summed E-state index contributed by atoms with van der Waals surface area (Å²) in [5.74, 6) is -1.26. The van der Waals surface area contributed by atoms with Gasteiger partial charge in [0.2, 0.25) is 0 Å². The van der Waals surface area contributed by atoms with Crippen LogP contribution in [-0.2, 0) is 11.3 Å². The average molecular weight is 291 g/mol. The summed E-state index contributed by atoms with van der Waals surface area (Å²) < 4.78 is 0. The number of carbonyl (C=O) groups is 2. The summed E-state index contributed by atoms with van der Waals surface area (Å²) in [5, 5.41) is 9.11. The largest absolute Gasteiger partial charge is 0.481 e. The number of carbonyl (C=O) groups excluding carboxylic acids is 1. The fourth-order valence-corrected chi connectivity index (χ4v) is 2.58. The molecule has 1 N–H and O–H groups in total. The Labute approximate surface area is 124 Å². The molecule has 1 aliphatic rings. The Morgan fingerprint density at radius 2 is 2.14 bits per heavy atom. The lowest BCUT2D eigenvalue weighted by molar-refractivity contribution is -0.143. The topological polar surface area (TPSA) is 73.7 Å². The highest BCUT2D eigenvalue weighted by atomic mass is 16.4. The minimum Gasteiger partial charge on any atom is -0.481 e. The van der Waals surface area contributed by atoms with Crippen LogP contribution < -0.4 is 0 Å². The van der Waals surface area contributed by atoms with E-state index >= 15 is 0 Å². The summed E-state index contributed by atoms with van der Waals surface area (Å²) in [5.41, 5.74) is 1.02. The van der Waals surface area contributed by atoms with E-state index in [1.807, 2.05) is 19.1 Å². The number of amides is 2. The van der Waals surface area contributed by atoms with Gasteiger partial charge in [-0.3, -0.25) is 9.78 Å². The lowest BCUT2D eigenvalue weighted by atomic mass is 9.98. The number of aromatic nitrogens is 1. The first-order valence-electron chi connectivity index (χ1n) is 7.27. The van der Waals surface area contributed by atoms with Gasteiger partial charge in [0.25, 0.3) is 0 Å². The standard InChI is InChI=1S/C15H21N3O3/c1-2-17(10-12-5-7-16-8-6-12)15(21)18-9-3-4-13(11-18)14(19)20/h5-8,13H,2-4,9-11H2,1H3,(H,19,20). The lowest BCUT2D eigenvalue weighted by Gasteiger charge is -2.34.